The van der Waals surface area contributed by atoms with Crippen molar-refractivity contribution in [3.63, 3.8) is 0 Å². The Labute approximate surface area is 264 Å². The largest absolute Gasteiger partial charge is 0.497 e. The normalized spacial score (nSPS) is 17.0. The number of aromatic nitrogens is 2. The van der Waals surface area contributed by atoms with E-state index in [-0.39, 0.29) is 55.0 Å². The third-order valence-corrected chi connectivity index (χ3v) is 10.1. The number of rotatable bonds is 10. The molecule has 46 heavy (non-hydrogen) atoms. The van der Waals surface area contributed by atoms with Crippen LogP contribution in [0.4, 0.5) is 13.2 Å². The van der Waals surface area contributed by atoms with Gasteiger partial charge in [-0.25, -0.2) is 18.2 Å². The van der Waals surface area contributed by atoms with Gasteiger partial charge in [-0.2, -0.15) is 17.5 Å². The molecule has 0 radical (unpaired) electrons. The van der Waals surface area contributed by atoms with Gasteiger partial charge in [-0.15, -0.1) is 0 Å². The summed E-state index contributed by atoms with van der Waals surface area (Å²) in [5.41, 5.74) is -0.0273. The van der Waals surface area contributed by atoms with Gasteiger partial charge in [-0.1, -0.05) is 12.1 Å². The molecule has 3 heterocycles. The van der Waals surface area contributed by atoms with Gasteiger partial charge in [0.05, 0.1) is 18.6 Å². The molecule has 0 spiro atoms. The number of likely N-dealkylation sites (tertiary alicyclic amines) is 1. The van der Waals surface area contributed by atoms with E-state index in [1.807, 2.05) is 0 Å². The minimum Gasteiger partial charge on any atom is -0.497 e. The van der Waals surface area contributed by atoms with Gasteiger partial charge in [0.1, 0.15) is 17.6 Å². The molecule has 1 aliphatic heterocycles. The van der Waals surface area contributed by atoms with Gasteiger partial charge in [0, 0.05) is 44.4 Å². The maximum Gasteiger partial charge on any atom is 0.490 e. The highest BCUT2D eigenvalue weighted by molar-refractivity contribution is 7.89. The van der Waals surface area contributed by atoms with Gasteiger partial charge in [0.25, 0.3) is 5.91 Å². The molecule has 11 nitrogen and oxygen atoms in total. The summed E-state index contributed by atoms with van der Waals surface area (Å²) in [7, 11) is -2.46. The zero-order valence-corrected chi connectivity index (χ0v) is 26.2. The molecule has 0 atom stereocenters. The number of piperidine rings is 1. The Balaban J connectivity index is 1.30. The second kappa shape index (κ2) is 12.9. The predicted octanol–water partition coefficient (Wildman–Crippen LogP) is 4.84. The van der Waals surface area contributed by atoms with Gasteiger partial charge in [0.15, 0.2) is 5.69 Å². The summed E-state index contributed by atoms with van der Waals surface area (Å²) in [6.45, 7) is 3.12. The first-order valence-electron chi connectivity index (χ1n) is 14.5. The molecule has 3 aromatic rings. The fourth-order valence-electron chi connectivity index (χ4n) is 5.46. The summed E-state index contributed by atoms with van der Waals surface area (Å²) in [6, 6.07) is 6.41. The Morgan fingerprint density at radius 2 is 1.85 bits per heavy atom. The highest BCUT2D eigenvalue weighted by Gasteiger charge is 2.47. The Bertz CT molecular complexity index is 1710. The van der Waals surface area contributed by atoms with Crippen molar-refractivity contribution in [1.29, 1.82) is 0 Å². The maximum absolute atomic E-state index is 13.8. The molecule has 1 saturated carbocycles. The van der Waals surface area contributed by atoms with Crippen LogP contribution in [0.15, 0.2) is 58.3 Å². The molecule has 2 aliphatic rings. The van der Waals surface area contributed by atoms with Crippen LogP contribution in [0.3, 0.4) is 0 Å². The van der Waals surface area contributed by atoms with Crippen LogP contribution in [0.25, 0.3) is 6.08 Å². The molecule has 2 aromatic heterocycles. The van der Waals surface area contributed by atoms with Crippen molar-refractivity contribution in [2.24, 2.45) is 0 Å². The molecule has 1 saturated heterocycles. The van der Waals surface area contributed by atoms with E-state index in [1.165, 1.54) is 34.7 Å². The highest BCUT2D eigenvalue weighted by Crippen LogP contribution is 2.37. The number of halogens is 3. The number of oxazole rings is 1. The number of amides is 1. The van der Waals surface area contributed by atoms with E-state index in [4.69, 9.17) is 13.9 Å². The van der Waals surface area contributed by atoms with Crippen molar-refractivity contribution in [3.05, 3.63) is 77.3 Å². The van der Waals surface area contributed by atoms with Gasteiger partial charge in [-0.05, 0) is 67.7 Å². The third-order valence-electron chi connectivity index (χ3n) is 7.94. The molecule has 2 fully saturated rings. The quantitative estimate of drug-likeness (QED) is 0.280. The second-order valence-electron chi connectivity index (χ2n) is 11.4. The van der Waals surface area contributed by atoms with Gasteiger partial charge >= 0.3 is 12.1 Å². The standard InChI is InChI=1S/C31H33F3N4O7S/c1-20-15-24(43-3)16-21(2)27(20)46(41,42)38(23-6-7-23)18-26-36-25(19-44-26)28(39)37-13-10-30(11-14-37,45-29(40)31(32,33)34)9-8-22-5-4-12-35-17-22/h4-5,8-9,12,15-17,19,23H,6-7,10-11,13-14,18H2,1-3H3/b9-8+. The van der Waals surface area contributed by atoms with Gasteiger partial charge in [0.2, 0.25) is 15.9 Å². The number of methoxy groups -OCH3 is 1. The lowest BCUT2D eigenvalue weighted by Gasteiger charge is -2.39. The van der Waals surface area contributed by atoms with Crippen LogP contribution in [0, 0.1) is 13.8 Å². The first-order chi connectivity index (χ1) is 21.7. The number of benzene rings is 1. The number of hydrogen-bond acceptors (Lipinski definition) is 9. The molecule has 0 N–H and O–H groups in total. The number of nitrogens with zero attached hydrogens (tertiary/aromatic N) is 4. The van der Waals surface area contributed by atoms with Crippen molar-refractivity contribution < 1.29 is 45.1 Å². The van der Waals surface area contributed by atoms with E-state index in [0.29, 0.717) is 35.3 Å². The van der Waals surface area contributed by atoms with Crippen LogP contribution in [0.1, 0.15) is 58.8 Å². The topological polar surface area (TPSA) is 132 Å². The van der Waals surface area contributed by atoms with Gasteiger partial charge in [-0.3, -0.25) is 9.78 Å². The summed E-state index contributed by atoms with van der Waals surface area (Å²) in [6.07, 6.45) is 3.04. The number of carbonyl (C=O) groups is 2. The lowest BCUT2D eigenvalue weighted by molar-refractivity contribution is -0.212. The van der Waals surface area contributed by atoms with E-state index >= 15 is 0 Å². The number of aryl methyl sites for hydroxylation is 2. The summed E-state index contributed by atoms with van der Waals surface area (Å²) in [5, 5.41) is 0. The van der Waals surface area contributed by atoms with E-state index in [1.54, 1.807) is 44.3 Å². The summed E-state index contributed by atoms with van der Waals surface area (Å²) < 4.78 is 84.1. The fraction of sp³-hybridized carbons (Fsp3) is 0.419. The predicted molar refractivity (Wildman–Crippen MR) is 158 cm³/mol. The molecule has 246 valence electrons. The molecule has 15 heteroatoms. The van der Waals surface area contributed by atoms with Crippen LogP contribution in [-0.4, -0.2) is 77.5 Å². The molecule has 1 aliphatic carbocycles. The van der Waals surface area contributed by atoms with Crippen LogP contribution in [-0.2, 0) is 26.1 Å². The Morgan fingerprint density at radius 1 is 1.17 bits per heavy atom. The smallest absolute Gasteiger partial charge is 0.490 e. The number of carbonyl (C=O) groups excluding carboxylic acids is 2. The van der Waals surface area contributed by atoms with Crippen LogP contribution in [0.5, 0.6) is 5.75 Å². The molecule has 0 bridgehead atoms. The number of ether oxygens (including phenoxy) is 2. The number of hydrogen-bond donors (Lipinski definition) is 0. The zero-order valence-electron chi connectivity index (χ0n) is 25.4. The van der Waals surface area contributed by atoms with Crippen molar-refractivity contribution in [1.82, 2.24) is 19.2 Å². The summed E-state index contributed by atoms with van der Waals surface area (Å²) in [5.74, 6) is -2.31. The van der Waals surface area contributed by atoms with Crippen molar-refractivity contribution >= 4 is 28.0 Å². The molecular formula is C31H33F3N4O7S. The lowest BCUT2D eigenvalue weighted by Crippen LogP contribution is -2.49. The van der Waals surface area contributed by atoms with Crippen molar-refractivity contribution in [3.8, 4) is 5.75 Å². The maximum atomic E-state index is 13.8. The van der Waals surface area contributed by atoms with Gasteiger partial charge < -0.3 is 18.8 Å². The van der Waals surface area contributed by atoms with E-state index < -0.39 is 33.7 Å². The van der Waals surface area contributed by atoms with E-state index in [2.05, 4.69) is 9.97 Å². The minimum atomic E-state index is -5.19. The SMILES string of the molecule is COc1cc(C)c(S(=O)(=O)N(Cc2nc(C(=O)N3CCC(/C=C/c4cccnc4)(OC(=O)C(F)(F)F)CC3)co2)C2CC2)c(C)c1. The Hall–Kier alpha value is -4.24. The molecule has 0 unspecified atom stereocenters. The average molecular weight is 663 g/mol. The lowest BCUT2D eigenvalue weighted by atomic mass is 9.89. The number of pyridine rings is 1. The fourth-order valence-corrected chi connectivity index (χ4v) is 7.51. The average Bonchev–Trinajstić information content (AvgIpc) is 3.74. The first-order valence-corrected chi connectivity index (χ1v) is 16.0. The Kier molecular flexibility index (Phi) is 9.27. The molecule has 1 amide bonds. The van der Waals surface area contributed by atoms with Crippen LogP contribution < -0.4 is 4.74 Å². The summed E-state index contributed by atoms with van der Waals surface area (Å²) >= 11 is 0. The second-order valence-corrected chi connectivity index (χ2v) is 13.2. The highest BCUT2D eigenvalue weighted by atomic mass is 32.2. The number of alkyl halides is 3. The molecule has 1 aromatic carbocycles. The van der Waals surface area contributed by atoms with Crippen LogP contribution >= 0.6 is 0 Å². The van der Waals surface area contributed by atoms with Crippen molar-refractivity contribution in [2.45, 2.75) is 68.8 Å². The molecular weight excluding hydrogens is 629 g/mol. The molecule has 5 rings (SSSR count). The Morgan fingerprint density at radius 3 is 2.41 bits per heavy atom. The van der Waals surface area contributed by atoms with E-state index in [9.17, 15) is 31.2 Å². The zero-order chi connectivity index (χ0) is 33.3. The van der Waals surface area contributed by atoms with E-state index in [0.717, 1.165) is 6.26 Å². The first kappa shape index (κ1) is 33.1. The minimum absolute atomic E-state index is 0.0208. The third kappa shape index (κ3) is 7.25. The summed E-state index contributed by atoms with van der Waals surface area (Å²) in [4.78, 5) is 34.9. The van der Waals surface area contributed by atoms with Crippen molar-refractivity contribution in [2.75, 3.05) is 20.2 Å². The monoisotopic (exact) mass is 662 g/mol. The van der Waals surface area contributed by atoms with Crippen LogP contribution in [0.2, 0.25) is 0 Å². The number of sulfonamides is 1. The number of esters is 1.